The van der Waals surface area contributed by atoms with Gasteiger partial charge in [-0.15, -0.1) is 0 Å². The predicted octanol–water partition coefficient (Wildman–Crippen LogP) is 4.69. The molecule has 2 aromatic carbocycles. The topological polar surface area (TPSA) is 98.2 Å². The molecule has 1 fully saturated rings. The molecule has 1 saturated heterocycles. The number of hydrogen-bond donors (Lipinski definition) is 1. The maximum absolute atomic E-state index is 12.6. The van der Waals surface area contributed by atoms with Crippen LogP contribution in [0.3, 0.4) is 0 Å². The van der Waals surface area contributed by atoms with Crippen LogP contribution in [0.15, 0.2) is 73.1 Å². The normalized spacial score (nSPS) is 13.8. The van der Waals surface area contributed by atoms with Crippen molar-refractivity contribution in [3.63, 3.8) is 0 Å². The fourth-order valence-corrected chi connectivity index (χ4v) is 3.80. The van der Waals surface area contributed by atoms with Crippen LogP contribution in [-0.4, -0.2) is 53.4 Å². The van der Waals surface area contributed by atoms with Crippen molar-refractivity contribution >= 4 is 12.1 Å². The minimum atomic E-state index is -0.960. The van der Waals surface area contributed by atoms with E-state index in [4.69, 9.17) is 19.3 Å². The van der Waals surface area contributed by atoms with E-state index >= 15 is 0 Å². The Labute approximate surface area is 204 Å². The third-order valence-electron chi connectivity index (χ3n) is 5.90. The van der Waals surface area contributed by atoms with E-state index in [1.807, 2.05) is 24.3 Å². The van der Waals surface area contributed by atoms with Gasteiger partial charge in [-0.05, 0) is 72.9 Å². The van der Waals surface area contributed by atoms with Crippen molar-refractivity contribution in [1.29, 1.82) is 0 Å². The lowest BCUT2D eigenvalue weighted by atomic mass is 9.98. The summed E-state index contributed by atoms with van der Waals surface area (Å²) < 4.78 is 17.0. The molecule has 1 N–H and O–H groups in total. The number of carbonyl (C=O) groups excluding carboxylic acids is 1. The number of aromatic carboxylic acids is 1. The summed E-state index contributed by atoms with van der Waals surface area (Å²) in [5.74, 6) is 1.31. The van der Waals surface area contributed by atoms with Crippen LogP contribution < -0.4 is 14.2 Å². The van der Waals surface area contributed by atoms with Gasteiger partial charge in [0.25, 0.3) is 0 Å². The molecule has 0 saturated carbocycles. The van der Waals surface area contributed by atoms with Gasteiger partial charge in [0.15, 0.2) is 0 Å². The van der Waals surface area contributed by atoms with E-state index < -0.39 is 5.97 Å². The van der Waals surface area contributed by atoms with Crippen molar-refractivity contribution < 1.29 is 28.9 Å². The number of pyridine rings is 1. The van der Waals surface area contributed by atoms with Crippen LogP contribution in [0.5, 0.6) is 17.2 Å². The second kappa shape index (κ2) is 11.9. The molecule has 1 aliphatic heterocycles. The molecule has 0 spiro atoms. The number of ether oxygens (including phenoxy) is 3. The number of amides is 1. The second-order valence-electron chi connectivity index (χ2n) is 8.36. The van der Waals surface area contributed by atoms with Gasteiger partial charge >= 0.3 is 12.1 Å². The van der Waals surface area contributed by atoms with Crippen molar-refractivity contribution in [3.8, 4) is 17.2 Å². The zero-order valence-electron chi connectivity index (χ0n) is 19.3. The summed E-state index contributed by atoms with van der Waals surface area (Å²) in [6.07, 6.45) is 5.42. The SMILES string of the molecule is O=C(O)c1ccc(OCC2CCN(C(=O)Oc3ccc(CCOc4ccncc4)cc3)CC2)cc1. The third kappa shape index (κ3) is 7.20. The molecule has 0 aliphatic carbocycles. The number of piperidine rings is 1. The van der Waals surface area contributed by atoms with E-state index in [9.17, 15) is 9.59 Å². The van der Waals surface area contributed by atoms with Crippen LogP contribution in [-0.2, 0) is 6.42 Å². The minimum Gasteiger partial charge on any atom is -0.493 e. The summed E-state index contributed by atoms with van der Waals surface area (Å²) in [6, 6.07) is 17.5. The molecule has 4 rings (SSSR count). The lowest BCUT2D eigenvalue weighted by Gasteiger charge is -2.31. The van der Waals surface area contributed by atoms with E-state index in [-0.39, 0.29) is 11.7 Å². The molecule has 1 amide bonds. The molecule has 182 valence electrons. The maximum Gasteiger partial charge on any atom is 0.415 e. The molecular weight excluding hydrogens is 448 g/mol. The molecule has 1 aromatic heterocycles. The molecular formula is C27H28N2O6. The first-order valence-electron chi connectivity index (χ1n) is 11.6. The standard InChI is InChI=1S/C27H28N2O6/c30-26(31)22-3-7-23(8-4-22)34-19-21-11-16-29(17-12-21)27(32)35-25-5-1-20(2-6-25)13-18-33-24-9-14-28-15-10-24/h1-10,14-15,21H,11-13,16-19H2,(H,30,31). The number of aromatic nitrogens is 1. The van der Waals surface area contributed by atoms with Crippen molar-refractivity contribution in [3.05, 3.63) is 84.2 Å². The zero-order valence-corrected chi connectivity index (χ0v) is 19.3. The van der Waals surface area contributed by atoms with Gasteiger partial charge in [0.05, 0.1) is 18.8 Å². The van der Waals surface area contributed by atoms with E-state index in [0.717, 1.165) is 30.6 Å². The molecule has 8 nitrogen and oxygen atoms in total. The summed E-state index contributed by atoms with van der Waals surface area (Å²) in [5, 5.41) is 8.96. The van der Waals surface area contributed by atoms with Crippen molar-refractivity contribution in [2.45, 2.75) is 19.3 Å². The Hall–Kier alpha value is -4.07. The first kappa shape index (κ1) is 24.1. The number of rotatable bonds is 9. The summed E-state index contributed by atoms with van der Waals surface area (Å²) in [4.78, 5) is 29.2. The van der Waals surface area contributed by atoms with Crippen LogP contribution >= 0.6 is 0 Å². The quantitative estimate of drug-likeness (QED) is 0.478. The zero-order chi connectivity index (χ0) is 24.5. The van der Waals surface area contributed by atoms with Gasteiger partial charge in [-0.1, -0.05) is 12.1 Å². The van der Waals surface area contributed by atoms with Gasteiger partial charge in [-0.25, -0.2) is 9.59 Å². The van der Waals surface area contributed by atoms with Crippen LogP contribution in [0.2, 0.25) is 0 Å². The average molecular weight is 477 g/mol. The Morgan fingerprint density at radius 1 is 0.857 bits per heavy atom. The summed E-state index contributed by atoms with van der Waals surface area (Å²) in [5.41, 5.74) is 1.33. The second-order valence-corrected chi connectivity index (χ2v) is 8.36. The molecule has 0 bridgehead atoms. The Morgan fingerprint density at radius 2 is 1.49 bits per heavy atom. The molecule has 3 aromatic rings. The first-order valence-corrected chi connectivity index (χ1v) is 11.6. The molecule has 0 atom stereocenters. The largest absolute Gasteiger partial charge is 0.493 e. The van der Waals surface area contributed by atoms with Gasteiger partial charge < -0.3 is 24.2 Å². The van der Waals surface area contributed by atoms with Crippen LogP contribution in [0, 0.1) is 5.92 Å². The third-order valence-corrected chi connectivity index (χ3v) is 5.90. The molecule has 8 heteroatoms. The summed E-state index contributed by atoms with van der Waals surface area (Å²) in [7, 11) is 0. The molecule has 0 radical (unpaired) electrons. The van der Waals surface area contributed by atoms with Crippen LogP contribution in [0.25, 0.3) is 0 Å². The summed E-state index contributed by atoms with van der Waals surface area (Å²) in [6.45, 7) is 2.29. The number of nitrogens with zero attached hydrogens (tertiary/aromatic N) is 2. The first-order chi connectivity index (χ1) is 17.1. The fraction of sp³-hybridized carbons (Fsp3) is 0.296. The Balaban J connectivity index is 1.15. The maximum atomic E-state index is 12.6. The van der Waals surface area contributed by atoms with Crippen molar-refractivity contribution in [1.82, 2.24) is 9.88 Å². The molecule has 1 aliphatic rings. The van der Waals surface area contributed by atoms with Gasteiger partial charge in [0.1, 0.15) is 17.2 Å². The Kier molecular flexibility index (Phi) is 8.17. The monoisotopic (exact) mass is 476 g/mol. The van der Waals surface area contributed by atoms with Gasteiger partial charge in [-0.3, -0.25) is 4.98 Å². The molecule has 0 unspecified atom stereocenters. The van der Waals surface area contributed by atoms with Crippen LogP contribution in [0.4, 0.5) is 4.79 Å². The highest BCUT2D eigenvalue weighted by atomic mass is 16.6. The highest BCUT2D eigenvalue weighted by Crippen LogP contribution is 2.22. The molecule has 2 heterocycles. The van der Waals surface area contributed by atoms with Gasteiger partial charge in [-0.2, -0.15) is 0 Å². The highest BCUT2D eigenvalue weighted by Gasteiger charge is 2.24. The minimum absolute atomic E-state index is 0.230. The van der Waals surface area contributed by atoms with Gasteiger partial charge in [0.2, 0.25) is 0 Å². The molecule has 35 heavy (non-hydrogen) atoms. The van der Waals surface area contributed by atoms with Crippen LogP contribution in [0.1, 0.15) is 28.8 Å². The van der Waals surface area contributed by atoms with E-state index in [2.05, 4.69) is 4.98 Å². The number of carbonyl (C=O) groups is 2. The number of hydrogen-bond acceptors (Lipinski definition) is 6. The fourth-order valence-electron chi connectivity index (χ4n) is 3.80. The number of likely N-dealkylation sites (tertiary alicyclic amines) is 1. The Morgan fingerprint density at radius 3 is 2.14 bits per heavy atom. The number of carboxylic acids is 1. The van der Waals surface area contributed by atoms with Gasteiger partial charge in [0, 0.05) is 31.9 Å². The van der Waals surface area contributed by atoms with E-state index in [1.54, 1.807) is 41.6 Å². The average Bonchev–Trinajstić information content (AvgIpc) is 2.89. The summed E-state index contributed by atoms with van der Waals surface area (Å²) >= 11 is 0. The number of benzene rings is 2. The van der Waals surface area contributed by atoms with Crippen molar-refractivity contribution in [2.75, 3.05) is 26.3 Å². The predicted molar refractivity (Wildman–Crippen MR) is 129 cm³/mol. The lowest BCUT2D eigenvalue weighted by molar-refractivity contribution is 0.0696. The lowest BCUT2D eigenvalue weighted by Crippen LogP contribution is -2.41. The van der Waals surface area contributed by atoms with E-state index in [1.165, 1.54) is 12.1 Å². The smallest absolute Gasteiger partial charge is 0.415 e. The van der Waals surface area contributed by atoms with E-state index in [0.29, 0.717) is 43.7 Å². The highest BCUT2D eigenvalue weighted by molar-refractivity contribution is 5.87. The number of carboxylic acid groups (broad SMARTS) is 1. The van der Waals surface area contributed by atoms with Crippen molar-refractivity contribution in [2.24, 2.45) is 5.92 Å². The Bertz CT molecular complexity index is 1090.